The van der Waals surface area contributed by atoms with E-state index in [4.69, 9.17) is 15.2 Å². The highest BCUT2D eigenvalue weighted by atomic mass is 16.5. The fraction of sp³-hybridized carbons (Fsp3) is 0.500. The van der Waals surface area contributed by atoms with Crippen LogP contribution in [0.5, 0.6) is 5.75 Å². The van der Waals surface area contributed by atoms with Crippen LogP contribution in [0.3, 0.4) is 0 Å². The minimum absolute atomic E-state index is 0.217. The molecule has 0 fully saturated rings. The lowest BCUT2D eigenvalue weighted by atomic mass is 9.95. The molecule has 0 atom stereocenters. The van der Waals surface area contributed by atoms with Gasteiger partial charge in [0.25, 0.3) is 0 Å². The number of rotatable bonds is 6. The van der Waals surface area contributed by atoms with Gasteiger partial charge in [0.2, 0.25) is 0 Å². The molecule has 0 aliphatic carbocycles. The van der Waals surface area contributed by atoms with Crippen LogP contribution in [0.15, 0.2) is 24.3 Å². The normalized spacial score (nSPS) is 11.1. The number of esters is 1. The third-order valence-electron chi connectivity index (χ3n) is 3.17. The van der Waals surface area contributed by atoms with E-state index in [2.05, 4.69) is 0 Å². The molecule has 0 unspecified atom stereocenters. The predicted molar refractivity (Wildman–Crippen MR) is 70.3 cm³/mol. The van der Waals surface area contributed by atoms with Gasteiger partial charge in [0.05, 0.1) is 7.11 Å². The summed E-state index contributed by atoms with van der Waals surface area (Å²) in [7, 11) is 1.60. The summed E-state index contributed by atoms with van der Waals surface area (Å²) < 4.78 is 10.4. The van der Waals surface area contributed by atoms with Gasteiger partial charge in [-0.1, -0.05) is 26.0 Å². The number of carbonyl (C=O) groups is 1. The number of hydrogen-bond acceptors (Lipinski definition) is 4. The Morgan fingerprint density at radius 1 is 1.33 bits per heavy atom. The number of carbonyl (C=O) groups excluding carboxylic acids is 1. The fourth-order valence-electron chi connectivity index (χ4n) is 1.59. The molecule has 1 aromatic rings. The van der Waals surface area contributed by atoms with Gasteiger partial charge in [-0.15, -0.1) is 0 Å². The van der Waals surface area contributed by atoms with Crippen LogP contribution in [0.4, 0.5) is 0 Å². The second-order valence-electron chi connectivity index (χ2n) is 4.29. The van der Waals surface area contributed by atoms with E-state index in [0.717, 1.165) is 11.3 Å². The molecule has 0 aromatic heterocycles. The van der Waals surface area contributed by atoms with Crippen molar-refractivity contribution in [2.45, 2.75) is 38.8 Å². The number of benzene rings is 1. The first kappa shape index (κ1) is 14.5. The minimum atomic E-state index is -0.876. The molecule has 0 amide bonds. The molecule has 1 aromatic carbocycles. The summed E-state index contributed by atoms with van der Waals surface area (Å²) in [6, 6.07) is 7.42. The van der Waals surface area contributed by atoms with Gasteiger partial charge in [-0.05, 0) is 30.5 Å². The molecule has 0 saturated heterocycles. The lowest BCUT2D eigenvalue weighted by Gasteiger charge is -2.24. The maximum Gasteiger partial charge on any atom is 0.326 e. The van der Waals surface area contributed by atoms with Gasteiger partial charge in [-0.25, -0.2) is 0 Å². The molecule has 0 saturated carbocycles. The average molecular weight is 251 g/mol. The Morgan fingerprint density at radius 2 is 2.00 bits per heavy atom. The van der Waals surface area contributed by atoms with E-state index in [1.165, 1.54) is 0 Å². The molecule has 2 N–H and O–H groups in total. The summed E-state index contributed by atoms with van der Waals surface area (Å²) in [5.41, 5.74) is 5.97. The second-order valence-corrected chi connectivity index (χ2v) is 4.29. The third-order valence-corrected chi connectivity index (χ3v) is 3.17. The SMILES string of the molecule is CCC(N)(CC)C(=O)OCc1cccc(OC)c1. The summed E-state index contributed by atoms with van der Waals surface area (Å²) >= 11 is 0. The summed E-state index contributed by atoms with van der Waals surface area (Å²) in [6.07, 6.45) is 1.14. The van der Waals surface area contributed by atoms with E-state index >= 15 is 0 Å². The van der Waals surface area contributed by atoms with E-state index in [0.29, 0.717) is 12.8 Å². The highest BCUT2D eigenvalue weighted by Gasteiger charge is 2.31. The second kappa shape index (κ2) is 6.40. The van der Waals surface area contributed by atoms with Gasteiger partial charge in [0.1, 0.15) is 17.9 Å². The topological polar surface area (TPSA) is 61.6 Å². The van der Waals surface area contributed by atoms with Crippen LogP contribution in [-0.4, -0.2) is 18.6 Å². The first-order valence-electron chi connectivity index (χ1n) is 6.14. The van der Waals surface area contributed by atoms with Crippen molar-refractivity contribution in [3.05, 3.63) is 29.8 Å². The van der Waals surface area contributed by atoms with Crippen molar-refractivity contribution in [3.63, 3.8) is 0 Å². The first-order valence-corrected chi connectivity index (χ1v) is 6.14. The molecule has 0 aliphatic rings. The average Bonchev–Trinajstić information content (AvgIpc) is 2.43. The molecule has 0 aliphatic heterocycles. The minimum Gasteiger partial charge on any atom is -0.497 e. The Kier molecular flexibility index (Phi) is 5.16. The molecule has 0 heterocycles. The summed E-state index contributed by atoms with van der Waals surface area (Å²) in [5.74, 6) is 0.392. The van der Waals surface area contributed by atoms with Crippen LogP contribution in [0.2, 0.25) is 0 Å². The van der Waals surface area contributed by atoms with E-state index in [-0.39, 0.29) is 12.6 Å². The van der Waals surface area contributed by atoms with Gasteiger partial charge in [0, 0.05) is 0 Å². The van der Waals surface area contributed by atoms with Gasteiger partial charge in [-0.2, -0.15) is 0 Å². The molecule has 1 rings (SSSR count). The number of ether oxygens (including phenoxy) is 2. The Hall–Kier alpha value is -1.55. The first-order chi connectivity index (χ1) is 8.55. The van der Waals surface area contributed by atoms with Gasteiger partial charge in [0.15, 0.2) is 0 Å². The Morgan fingerprint density at radius 3 is 2.56 bits per heavy atom. The van der Waals surface area contributed by atoms with Crippen molar-refractivity contribution < 1.29 is 14.3 Å². The van der Waals surface area contributed by atoms with Gasteiger partial charge < -0.3 is 15.2 Å². The van der Waals surface area contributed by atoms with Crippen molar-refractivity contribution in [1.82, 2.24) is 0 Å². The van der Waals surface area contributed by atoms with Gasteiger partial charge >= 0.3 is 5.97 Å². The standard InChI is InChI=1S/C14H21NO3/c1-4-14(15,5-2)13(16)18-10-11-7-6-8-12(9-11)17-3/h6-9H,4-5,10,15H2,1-3H3. The smallest absolute Gasteiger partial charge is 0.326 e. The summed E-state index contributed by atoms with van der Waals surface area (Å²) in [4.78, 5) is 11.9. The maximum absolute atomic E-state index is 11.9. The molecule has 0 radical (unpaired) electrons. The highest BCUT2D eigenvalue weighted by Crippen LogP contribution is 2.17. The lowest BCUT2D eigenvalue weighted by Crippen LogP contribution is -2.47. The Balaban J connectivity index is 2.62. The molecule has 100 valence electrons. The largest absolute Gasteiger partial charge is 0.497 e. The van der Waals surface area contributed by atoms with Crippen molar-refractivity contribution in [1.29, 1.82) is 0 Å². The highest BCUT2D eigenvalue weighted by molar-refractivity contribution is 5.80. The Labute approximate surface area is 108 Å². The van der Waals surface area contributed by atoms with Crippen molar-refractivity contribution >= 4 is 5.97 Å². The van der Waals surface area contributed by atoms with E-state index in [1.54, 1.807) is 7.11 Å². The lowest BCUT2D eigenvalue weighted by molar-refractivity contribution is -0.151. The maximum atomic E-state index is 11.9. The van der Waals surface area contributed by atoms with Crippen molar-refractivity contribution in [2.75, 3.05) is 7.11 Å². The van der Waals surface area contributed by atoms with Crippen molar-refractivity contribution in [3.8, 4) is 5.75 Å². The molecular formula is C14H21NO3. The van der Waals surface area contributed by atoms with E-state index in [9.17, 15) is 4.79 Å². The molecule has 4 nitrogen and oxygen atoms in total. The zero-order chi connectivity index (χ0) is 13.6. The number of nitrogens with two attached hydrogens (primary N) is 1. The summed E-state index contributed by atoms with van der Waals surface area (Å²) in [6.45, 7) is 3.99. The fourth-order valence-corrected chi connectivity index (χ4v) is 1.59. The number of hydrogen-bond donors (Lipinski definition) is 1. The van der Waals surface area contributed by atoms with E-state index in [1.807, 2.05) is 38.1 Å². The predicted octanol–water partition coefficient (Wildman–Crippen LogP) is 2.26. The molecule has 0 spiro atoms. The zero-order valence-corrected chi connectivity index (χ0v) is 11.2. The van der Waals surface area contributed by atoms with E-state index < -0.39 is 5.54 Å². The van der Waals surface area contributed by atoms with Crippen LogP contribution in [0, 0.1) is 0 Å². The quantitative estimate of drug-likeness (QED) is 0.788. The monoisotopic (exact) mass is 251 g/mol. The van der Waals surface area contributed by atoms with Crippen LogP contribution in [-0.2, 0) is 16.1 Å². The van der Waals surface area contributed by atoms with Gasteiger partial charge in [-0.3, -0.25) is 4.79 Å². The van der Waals surface area contributed by atoms with Crippen LogP contribution >= 0.6 is 0 Å². The van der Waals surface area contributed by atoms with Crippen LogP contribution < -0.4 is 10.5 Å². The molecule has 18 heavy (non-hydrogen) atoms. The summed E-state index contributed by atoms with van der Waals surface area (Å²) in [5, 5.41) is 0. The zero-order valence-electron chi connectivity index (χ0n) is 11.2. The molecule has 0 bridgehead atoms. The van der Waals surface area contributed by atoms with Crippen LogP contribution in [0.25, 0.3) is 0 Å². The number of methoxy groups -OCH3 is 1. The third kappa shape index (κ3) is 3.47. The van der Waals surface area contributed by atoms with Crippen molar-refractivity contribution in [2.24, 2.45) is 5.73 Å². The molecule has 4 heteroatoms. The molecular weight excluding hydrogens is 230 g/mol. The Bertz CT molecular complexity index is 400. The van der Waals surface area contributed by atoms with Crippen LogP contribution in [0.1, 0.15) is 32.3 Å².